The van der Waals surface area contributed by atoms with Gasteiger partial charge in [0.05, 0.1) is 16.0 Å². The number of rotatable bonds is 6. The minimum Gasteiger partial charge on any atom is -0.388 e. The van der Waals surface area contributed by atoms with Crippen LogP contribution in [0.15, 0.2) is 46.6 Å². The summed E-state index contributed by atoms with van der Waals surface area (Å²) >= 11 is 0.801. The van der Waals surface area contributed by atoms with Gasteiger partial charge in [-0.3, -0.25) is 9.78 Å². The van der Waals surface area contributed by atoms with Crippen molar-refractivity contribution >= 4 is 17.5 Å². The second kappa shape index (κ2) is 7.06. The highest BCUT2D eigenvalue weighted by Gasteiger charge is 2.51. The molecule has 1 aliphatic rings. The fourth-order valence-corrected chi connectivity index (χ4v) is 3.99. The summed E-state index contributed by atoms with van der Waals surface area (Å²) in [5, 5.41) is 17.6. The first-order valence-corrected chi connectivity index (χ1v) is 9.40. The molecule has 6 nitrogen and oxygen atoms in total. The van der Waals surface area contributed by atoms with Crippen molar-refractivity contribution in [3.8, 4) is 0 Å². The van der Waals surface area contributed by atoms with E-state index < -0.39 is 24.0 Å². The van der Waals surface area contributed by atoms with E-state index >= 15 is 0 Å². The number of carbonyl (C=O) groups excluding carboxylic acids is 1. The first-order chi connectivity index (χ1) is 13.5. The molecule has 0 spiro atoms. The molecule has 0 radical (unpaired) electrons. The van der Waals surface area contributed by atoms with Crippen LogP contribution in [0.25, 0.3) is 0 Å². The van der Waals surface area contributed by atoms with Gasteiger partial charge in [-0.1, -0.05) is 6.07 Å². The number of hydrogen-bond donors (Lipinski definition) is 1. The van der Waals surface area contributed by atoms with E-state index in [1.807, 2.05) is 18.2 Å². The summed E-state index contributed by atoms with van der Waals surface area (Å²) in [5.74, 6) is -1.84. The molecule has 1 N–H and O–H groups in total. The van der Waals surface area contributed by atoms with Gasteiger partial charge in [0.1, 0.15) is 24.1 Å². The van der Waals surface area contributed by atoms with Gasteiger partial charge < -0.3 is 9.67 Å². The Hall–Kier alpha value is -2.65. The van der Waals surface area contributed by atoms with Crippen LogP contribution in [0, 0.1) is 11.6 Å². The maximum absolute atomic E-state index is 14.4. The average molecular weight is 402 g/mol. The van der Waals surface area contributed by atoms with Crippen LogP contribution in [0.2, 0.25) is 0 Å². The van der Waals surface area contributed by atoms with Crippen LogP contribution in [0.5, 0.6) is 0 Å². The van der Waals surface area contributed by atoms with Crippen LogP contribution in [-0.4, -0.2) is 37.2 Å². The van der Waals surface area contributed by atoms with Crippen molar-refractivity contribution in [3.63, 3.8) is 0 Å². The van der Waals surface area contributed by atoms with Crippen molar-refractivity contribution in [2.24, 2.45) is 7.05 Å². The molecule has 2 heterocycles. The lowest BCUT2D eigenvalue weighted by atomic mass is 10.0. The van der Waals surface area contributed by atoms with Crippen molar-refractivity contribution in [1.29, 1.82) is 0 Å². The number of aliphatic hydroxyl groups is 1. The highest BCUT2D eigenvalue weighted by Crippen LogP contribution is 2.52. The van der Waals surface area contributed by atoms with E-state index in [-0.39, 0.29) is 15.9 Å². The van der Waals surface area contributed by atoms with Gasteiger partial charge in [-0.15, -0.1) is 10.2 Å². The maximum Gasteiger partial charge on any atom is 0.196 e. The largest absolute Gasteiger partial charge is 0.388 e. The molecule has 1 saturated carbocycles. The number of Topliss-reactive ketones (excluding diaryl/α,β-unsaturated/α-hetero) is 1. The molecule has 144 valence electrons. The van der Waals surface area contributed by atoms with E-state index in [9.17, 15) is 13.6 Å². The van der Waals surface area contributed by atoms with Crippen molar-refractivity contribution in [1.82, 2.24) is 19.7 Å². The highest BCUT2D eigenvalue weighted by atomic mass is 32.2. The number of ketones is 1. The molecule has 4 rings (SSSR count). The summed E-state index contributed by atoms with van der Waals surface area (Å²) in [4.78, 5) is 15.6. The Balaban J connectivity index is 1.66. The first kappa shape index (κ1) is 18.7. The Morgan fingerprint density at radius 3 is 2.54 bits per heavy atom. The molecule has 28 heavy (non-hydrogen) atoms. The summed E-state index contributed by atoms with van der Waals surface area (Å²) in [6.07, 6.45) is 3.48. The number of halogens is 2. The molecular formula is C19H16F2N4O2S. The smallest absolute Gasteiger partial charge is 0.196 e. The standard InChI is InChI=1S/C19H16F2N4O2S/c1-25-17(19(5-6-19)15-4-2-3-7-22-15)23-24-18(25)28-16-12(20)8-11(9-13(16)21)14(27)10-26/h2-4,7-9,26H,5-6,10H2,1H3. The molecular weight excluding hydrogens is 386 g/mol. The topological polar surface area (TPSA) is 80.9 Å². The van der Waals surface area contributed by atoms with E-state index in [1.54, 1.807) is 17.8 Å². The zero-order valence-corrected chi connectivity index (χ0v) is 15.7. The third-order valence-electron chi connectivity index (χ3n) is 4.83. The van der Waals surface area contributed by atoms with Gasteiger partial charge in [0.2, 0.25) is 0 Å². The second-order valence-electron chi connectivity index (χ2n) is 6.61. The summed E-state index contributed by atoms with van der Waals surface area (Å²) in [6, 6.07) is 7.52. The van der Waals surface area contributed by atoms with Crippen LogP contribution in [0.3, 0.4) is 0 Å². The number of aliphatic hydroxyl groups excluding tert-OH is 1. The Labute approximate surface area is 163 Å². The van der Waals surface area contributed by atoms with Crippen LogP contribution < -0.4 is 0 Å². The normalized spacial score (nSPS) is 14.9. The van der Waals surface area contributed by atoms with E-state index in [2.05, 4.69) is 15.2 Å². The number of carbonyl (C=O) groups is 1. The third kappa shape index (κ3) is 3.10. The fraction of sp³-hybridized carbons (Fsp3) is 0.263. The Kier molecular flexibility index (Phi) is 4.72. The fourth-order valence-electron chi connectivity index (χ4n) is 3.19. The molecule has 3 aromatic rings. The van der Waals surface area contributed by atoms with Gasteiger partial charge in [0.15, 0.2) is 10.9 Å². The zero-order chi connectivity index (χ0) is 19.9. The zero-order valence-electron chi connectivity index (χ0n) is 14.9. The summed E-state index contributed by atoms with van der Waals surface area (Å²) in [6.45, 7) is -0.812. The number of pyridine rings is 1. The van der Waals surface area contributed by atoms with E-state index in [4.69, 9.17) is 5.11 Å². The minimum atomic E-state index is -0.891. The van der Waals surface area contributed by atoms with E-state index in [0.29, 0.717) is 11.0 Å². The van der Waals surface area contributed by atoms with Crippen LogP contribution >= 0.6 is 11.8 Å². The molecule has 0 bridgehead atoms. The van der Waals surface area contributed by atoms with Gasteiger partial charge in [0.25, 0.3) is 0 Å². The Bertz CT molecular complexity index is 1030. The number of aromatic nitrogens is 4. The lowest BCUT2D eigenvalue weighted by Crippen LogP contribution is -2.16. The van der Waals surface area contributed by atoms with Gasteiger partial charge >= 0.3 is 0 Å². The Morgan fingerprint density at radius 2 is 1.96 bits per heavy atom. The molecule has 0 amide bonds. The van der Waals surface area contributed by atoms with Crippen LogP contribution in [0.4, 0.5) is 8.78 Å². The van der Waals surface area contributed by atoms with E-state index in [0.717, 1.165) is 42.4 Å². The van der Waals surface area contributed by atoms with Gasteiger partial charge in [-0.05, 0) is 48.9 Å². The summed E-state index contributed by atoms with van der Waals surface area (Å²) in [5.41, 5.74) is 0.356. The quantitative estimate of drug-likeness (QED) is 0.639. The molecule has 0 saturated heterocycles. The molecule has 1 fully saturated rings. The summed E-state index contributed by atoms with van der Waals surface area (Å²) < 4.78 is 30.5. The molecule has 0 unspecified atom stereocenters. The average Bonchev–Trinajstić information content (AvgIpc) is 3.43. The maximum atomic E-state index is 14.4. The van der Waals surface area contributed by atoms with Crippen molar-refractivity contribution in [2.75, 3.05) is 6.61 Å². The predicted molar refractivity (Wildman–Crippen MR) is 97.2 cm³/mol. The van der Waals surface area contributed by atoms with Crippen molar-refractivity contribution < 1.29 is 18.7 Å². The lowest BCUT2D eigenvalue weighted by molar-refractivity contribution is 0.0902. The van der Waals surface area contributed by atoms with Crippen LogP contribution in [-0.2, 0) is 12.5 Å². The SMILES string of the molecule is Cn1c(Sc2c(F)cc(C(=O)CO)cc2F)nnc1C1(c2ccccn2)CC1. The molecule has 1 aliphatic carbocycles. The van der Waals surface area contributed by atoms with Crippen molar-refractivity contribution in [3.05, 3.63) is 65.2 Å². The van der Waals surface area contributed by atoms with E-state index in [1.165, 1.54) is 0 Å². The number of nitrogens with zero attached hydrogens (tertiary/aromatic N) is 4. The van der Waals surface area contributed by atoms with Gasteiger partial charge in [0, 0.05) is 18.8 Å². The second-order valence-corrected chi connectivity index (χ2v) is 7.59. The summed E-state index contributed by atoms with van der Waals surface area (Å²) in [7, 11) is 1.75. The molecule has 0 atom stereocenters. The molecule has 9 heteroatoms. The minimum absolute atomic E-state index is 0.215. The van der Waals surface area contributed by atoms with Crippen LogP contribution in [0.1, 0.15) is 34.7 Å². The first-order valence-electron chi connectivity index (χ1n) is 8.58. The van der Waals surface area contributed by atoms with Crippen molar-refractivity contribution in [2.45, 2.75) is 28.3 Å². The molecule has 0 aliphatic heterocycles. The molecule has 1 aromatic carbocycles. The van der Waals surface area contributed by atoms with Gasteiger partial charge in [-0.2, -0.15) is 0 Å². The third-order valence-corrected chi connectivity index (χ3v) is 5.96. The highest BCUT2D eigenvalue weighted by molar-refractivity contribution is 7.99. The molecule has 2 aromatic heterocycles. The predicted octanol–water partition coefficient (Wildman–Crippen LogP) is 2.89. The number of benzene rings is 1. The number of hydrogen-bond acceptors (Lipinski definition) is 6. The Morgan fingerprint density at radius 1 is 1.25 bits per heavy atom. The monoisotopic (exact) mass is 402 g/mol. The van der Waals surface area contributed by atoms with Gasteiger partial charge in [-0.25, -0.2) is 8.78 Å². The lowest BCUT2D eigenvalue weighted by Gasteiger charge is -2.14.